The molecule has 0 aliphatic rings. The van der Waals surface area contributed by atoms with Gasteiger partial charge in [0.1, 0.15) is 0 Å². The summed E-state index contributed by atoms with van der Waals surface area (Å²) in [6, 6.07) is 0. The van der Waals surface area contributed by atoms with Crippen molar-refractivity contribution >= 4 is 17.8 Å². The van der Waals surface area contributed by atoms with Gasteiger partial charge in [-0.25, -0.2) is 9.78 Å². The number of carbonyl (C=O) groups excluding carboxylic acids is 3. The molecular formula is C10H12N4O4. The zero-order valence-corrected chi connectivity index (χ0v) is 9.67. The van der Waals surface area contributed by atoms with Crippen molar-refractivity contribution in [3.63, 3.8) is 0 Å². The topological polar surface area (TPSA) is 110 Å². The minimum absolute atomic E-state index is 0.0107. The fraction of sp³-hybridized carbons (Fsp3) is 0.300. The smallest absolute Gasteiger partial charge is 0.359 e. The minimum atomic E-state index is -0.752. The summed E-state index contributed by atoms with van der Waals surface area (Å²) in [5.41, 5.74) is 0.0107. The van der Waals surface area contributed by atoms with Gasteiger partial charge < -0.3 is 15.4 Å². The van der Waals surface area contributed by atoms with Gasteiger partial charge in [0.25, 0.3) is 5.91 Å². The molecule has 18 heavy (non-hydrogen) atoms. The molecule has 0 unspecified atom stereocenters. The van der Waals surface area contributed by atoms with Gasteiger partial charge in [0.2, 0.25) is 5.91 Å². The predicted molar refractivity (Wildman–Crippen MR) is 59.4 cm³/mol. The second-order valence-electron chi connectivity index (χ2n) is 3.12. The molecule has 0 atom stereocenters. The largest absolute Gasteiger partial charge is 0.451 e. The van der Waals surface area contributed by atoms with E-state index in [1.54, 1.807) is 0 Å². The Labute approximate surface area is 103 Å². The van der Waals surface area contributed by atoms with Crippen LogP contribution in [0.4, 0.5) is 0 Å². The highest BCUT2D eigenvalue weighted by molar-refractivity contribution is 5.90. The van der Waals surface area contributed by atoms with E-state index in [9.17, 15) is 14.4 Å². The minimum Gasteiger partial charge on any atom is -0.451 e. The SMILES string of the molecule is CNC(=O)CNC(=O)COC(=O)c1cnccn1. The number of likely N-dealkylation sites (N-methyl/N-ethyl adjacent to an activating group) is 1. The standard InChI is InChI=1S/C10H12N4O4/c1-11-8(15)5-14-9(16)6-18-10(17)7-4-12-2-3-13-7/h2-4H,5-6H2,1H3,(H,11,15)(H,14,16). The Morgan fingerprint density at radius 2 is 2.06 bits per heavy atom. The molecule has 0 aliphatic carbocycles. The highest BCUT2D eigenvalue weighted by atomic mass is 16.5. The van der Waals surface area contributed by atoms with Crippen LogP contribution >= 0.6 is 0 Å². The maximum Gasteiger partial charge on any atom is 0.359 e. The second kappa shape index (κ2) is 6.94. The summed E-state index contributed by atoms with van der Waals surface area (Å²) in [6.07, 6.45) is 3.97. The van der Waals surface area contributed by atoms with E-state index in [1.807, 2.05) is 0 Å². The maximum absolute atomic E-state index is 11.4. The molecule has 1 rings (SSSR count). The number of amides is 2. The molecule has 1 aromatic heterocycles. The number of esters is 1. The molecule has 8 nitrogen and oxygen atoms in total. The van der Waals surface area contributed by atoms with Crippen LogP contribution in [0.3, 0.4) is 0 Å². The summed E-state index contributed by atoms with van der Waals surface area (Å²) >= 11 is 0. The highest BCUT2D eigenvalue weighted by Crippen LogP contribution is 1.93. The van der Waals surface area contributed by atoms with Crippen LogP contribution in [-0.2, 0) is 14.3 Å². The third-order valence-electron chi connectivity index (χ3n) is 1.83. The molecule has 0 radical (unpaired) electrons. The normalized spacial score (nSPS) is 9.39. The van der Waals surface area contributed by atoms with Gasteiger partial charge in [0.15, 0.2) is 12.3 Å². The van der Waals surface area contributed by atoms with Crippen LogP contribution in [0.1, 0.15) is 10.5 Å². The molecule has 0 saturated carbocycles. The molecule has 96 valence electrons. The van der Waals surface area contributed by atoms with E-state index in [0.717, 1.165) is 0 Å². The fourth-order valence-corrected chi connectivity index (χ4v) is 0.928. The molecule has 0 aliphatic heterocycles. The highest BCUT2D eigenvalue weighted by Gasteiger charge is 2.11. The maximum atomic E-state index is 11.4. The van der Waals surface area contributed by atoms with E-state index in [4.69, 9.17) is 0 Å². The van der Waals surface area contributed by atoms with Crippen LogP contribution < -0.4 is 10.6 Å². The number of nitrogens with one attached hydrogen (secondary N) is 2. The van der Waals surface area contributed by atoms with E-state index in [-0.39, 0.29) is 18.1 Å². The van der Waals surface area contributed by atoms with Gasteiger partial charge >= 0.3 is 5.97 Å². The molecule has 1 aromatic rings. The van der Waals surface area contributed by atoms with Gasteiger partial charge in [-0.2, -0.15) is 0 Å². The van der Waals surface area contributed by atoms with Crippen molar-refractivity contribution in [2.75, 3.05) is 20.2 Å². The number of hydrogen-bond donors (Lipinski definition) is 2. The molecular weight excluding hydrogens is 240 g/mol. The zero-order valence-electron chi connectivity index (χ0n) is 9.67. The van der Waals surface area contributed by atoms with Crippen molar-refractivity contribution in [3.8, 4) is 0 Å². The number of carbonyl (C=O) groups is 3. The quantitative estimate of drug-likeness (QED) is 0.617. The van der Waals surface area contributed by atoms with Gasteiger partial charge in [0.05, 0.1) is 12.7 Å². The molecule has 0 bridgehead atoms. The molecule has 0 saturated heterocycles. The summed E-state index contributed by atoms with van der Waals surface area (Å²) < 4.78 is 4.67. The molecule has 2 N–H and O–H groups in total. The van der Waals surface area contributed by atoms with Crippen LogP contribution in [0.15, 0.2) is 18.6 Å². The monoisotopic (exact) mass is 252 g/mol. The lowest BCUT2D eigenvalue weighted by molar-refractivity contribution is -0.127. The molecule has 0 aromatic carbocycles. The van der Waals surface area contributed by atoms with Gasteiger partial charge in [-0.05, 0) is 0 Å². The van der Waals surface area contributed by atoms with E-state index in [2.05, 4.69) is 25.3 Å². The van der Waals surface area contributed by atoms with Crippen LogP contribution in [-0.4, -0.2) is 48.0 Å². The lowest BCUT2D eigenvalue weighted by Gasteiger charge is -2.05. The molecule has 0 fully saturated rings. The second-order valence-corrected chi connectivity index (χ2v) is 3.12. The van der Waals surface area contributed by atoms with E-state index in [0.29, 0.717) is 0 Å². The summed E-state index contributed by atoms with van der Waals surface area (Å²) in [5, 5.41) is 4.61. The third-order valence-corrected chi connectivity index (χ3v) is 1.83. The van der Waals surface area contributed by atoms with Crippen molar-refractivity contribution < 1.29 is 19.1 Å². The number of aromatic nitrogens is 2. The number of ether oxygens (including phenoxy) is 1. The van der Waals surface area contributed by atoms with Crippen LogP contribution in [0.5, 0.6) is 0 Å². The summed E-state index contributed by atoms with van der Waals surface area (Å²) in [5.74, 6) is -1.67. The Kier molecular flexibility index (Phi) is 5.23. The van der Waals surface area contributed by atoms with E-state index < -0.39 is 18.5 Å². The Hall–Kier alpha value is -2.51. The molecule has 8 heteroatoms. The van der Waals surface area contributed by atoms with Crippen molar-refractivity contribution in [1.82, 2.24) is 20.6 Å². The lowest BCUT2D eigenvalue weighted by atomic mass is 10.4. The fourth-order valence-electron chi connectivity index (χ4n) is 0.928. The predicted octanol–water partition coefficient (Wildman–Crippen LogP) is -1.50. The molecule has 1 heterocycles. The lowest BCUT2D eigenvalue weighted by Crippen LogP contribution is -2.37. The first-order chi connectivity index (χ1) is 8.63. The van der Waals surface area contributed by atoms with E-state index in [1.165, 1.54) is 25.6 Å². The number of rotatable bonds is 5. The summed E-state index contributed by atoms with van der Waals surface area (Å²) in [4.78, 5) is 40.8. The van der Waals surface area contributed by atoms with Crippen LogP contribution in [0.25, 0.3) is 0 Å². The first-order valence-corrected chi connectivity index (χ1v) is 5.04. The van der Waals surface area contributed by atoms with Crippen molar-refractivity contribution in [2.24, 2.45) is 0 Å². The van der Waals surface area contributed by atoms with Gasteiger partial charge in [-0.3, -0.25) is 14.6 Å². The van der Waals surface area contributed by atoms with E-state index >= 15 is 0 Å². The first kappa shape index (κ1) is 13.6. The third kappa shape index (κ3) is 4.56. The van der Waals surface area contributed by atoms with Crippen molar-refractivity contribution in [1.29, 1.82) is 0 Å². The zero-order chi connectivity index (χ0) is 13.4. The van der Waals surface area contributed by atoms with Crippen LogP contribution in [0, 0.1) is 0 Å². The van der Waals surface area contributed by atoms with Gasteiger partial charge in [-0.1, -0.05) is 0 Å². The Balaban J connectivity index is 2.31. The first-order valence-electron chi connectivity index (χ1n) is 5.04. The Morgan fingerprint density at radius 1 is 1.28 bits per heavy atom. The number of hydrogen-bond acceptors (Lipinski definition) is 6. The van der Waals surface area contributed by atoms with Crippen LogP contribution in [0.2, 0.25) is 0 Å². The van der Waals surface area contributed by atoms with Crippen molar-refractivity contribution in [2.45, 2.75) is 0 Å². The van der Waals surface area contributed by atoms with Crippen molar-refractivity contribution in [3.05, 3.63) is 24.3 Å². The average molecular weight is 252 g/mol. The Morgan fingerprint density at radius 3 is 2.67 bits per heavy atom. The molecule has 0 spiro atoms. The van der Waals surface area contributed by atoms with Gasteiger partial charge in [-0.15, -0.1) is 0 Å². The summed E-state index contributed by atoms with van der Waals surface area (Å²) in [7, 11) is 1.45. The van der Waals surface area contributed by atoms with Gasteiger partial charge in [0, 0.05) is 19.4 Å². The number of nitrogens with zero attached hydrogens (tertiary/aromatic N) is 2. The summed E-state index contributed by atoms with van der Waals surface area (Å²) in [6.45, 7) is -0.648. The Bertz CT molecular complexity index is 435. The molecule has 2 amide bonds. The average Bonchev–Trinajstić information content (AvgIpc) is 2.42.